The van der Waals surface area contributed by atoms with Crippen molar-refractivity contribution in [2.24, 2.45) is 21.7 Å². The molecule has 2 aromatic carbocycles. The van der Waals surface area contributed by atoms with Crippen LogP contribution in [0.4, 0.5) is 4.39 Å². The second kappa shape index (κ2) is 12.3. The molecule has 44 heavy (non-hydrogen) atoms. The van der Waals surface area contributed by atoms with Gasteiger partial charge >= 0.3 is 0 Å². The quantitative estimate of drug-likeness (QED) is 0.226. The zero-order chi connectivity index (χ0) is 31.7. The molecular formula is C35H47FN6O2. The molecule has 3 aromatic rings. The lowest BCUT2D eigenvalue weighted by Crippen LogP contribution is -2.51. The van der Waals surface area contributed by atoms with Gasteiger partial charge in [0.15, 0.2) is 5.82 Å². The number of aromatic amines is 2. The molecule has 1 aliphatic heterocycles. The summed E-state index contributed by atoms with van der Waals surface area (Å²) in [7, 11) is 0. The number of benzene rings is 2. The third kappa shape index (κ3) is 6.66. The van der Waals surface area contributed by atoms with E-state index < -0.39 is 5.66 Å². The van der Waals surface area contributed by atoms with Crippen molar-refractivity contribution in [1.82, 2.24) is 25.6 Å². The minimum Gasteiger partial charge on any atom is -0.345 e. The van der Waals surface area contributed by atoms with E-state index in [1.807, 2.05) is 29.2 Å². The number of carbonyl (C=O) groups excluding carboxylic acids is 2. The number of carbonyl (C=O) groups is 2. The van der Waals surface area contributed by atoms with Gasteiger partial charge in [-0.25, -0.2) is 9.60 Å². The maximum atomic E-state index is 14.5. The number of halogens is 1. The zero-order valence-electron chi connectivity index (χ0n) is 27.0. The van der Waals surface area contributed by atoms with Crippen molar-refractivity contribution in [2.45, 2.75) is 105 Å². The summed E-state index contributed by atoms with van der Waals surface area (Å²) < 4.78 is 14.4. The van der Waals surface area contributed by atoms with Gasteiger partial charge in [0.1, 0.15) is 17.2 Å². The Morgan fingerprint density at radius 2 is 1.80 bits per heavy atom. The Labute approximate surface area is 260 Å². The highest BCUT2D eigenvalue weighted by atomic mass is 19.1. The zero-order valence-corrected chi connectivity index (χ0v) is 27.0. The Morgan fingerprint density at radius 3 is 2.36 bits per heavy atom. The molecule has 0 unspecified atom stereocenters. The number of hydrogen-bond donors (Lipinski definition) is 3. The SMILES string of the molecule is CCC(C)(C)C1CCC2(CC1)N=C(c1cccc(F)c1)C(=O)N2[C@H](CCC(C)(C)C)c1ccc(C(=O)NCc2n[nH][nH]2)cc1. The number of amides is 2. The van der Waals surface area contributed by atoms with E-state index in [-0.39, 0.29) is 34.5 Å². The maximum absolute atomic E-state index is 14.5. The molecular weight excluding hydrogens is 555 g/mol. The van der Waals surface area contributed by atoms with Gasteiger partial charge in [-0.15, -0.1) is 5.10 Å². The van der Waals surface area contributed by atoms with Gasteiger partial charge in [-0.05, 0) is 85.1 Å². The van der Waals surface area contributed by atoms with E-state index >= 15 is 0 Å². The molecule has 9 heteroatoms. The van der Waals surface area contributed by atoms with Gasteiger partial charge in [0, 0.05) is 11.1 Å². The van der Waals surface area contributed by atoms with Gasteiger partial charge in [0.05, 0.1) is 12.6 Å². The van der Waals surface area contributed by atoms with Crippen molar-refractivity contribution in [3.63, 3.8) is 0 Å². The molecule has 0 bridgehead atoms. The molecule has 2 aliphatic rings. The minimum atomic E-state index is -0.692. The number of hydrogen-bond acceptors (Lipinski definition) is 4. The van der Waals surface area contributed by atoms with Gasteiger partial charge in [-0.1, -0.05) is 72.2 Å². The molecule has 2 amide bonds. The number of aliphatic imine (C=N–C) groups is 1. The summed E-state index contributed by atoms with van der Waals surface area (Å²) in [5.74, 6) is 0.495. The van der Waals surface area contributed by atoms with Crippen LogP contribution >= 0.6 is 0 Å². The van der Waals surface area contributed by atoms with Crippen LogP contribution in [0, 0.1) is 22.6 Å². The summed E-state index contributed by atoms with van der Waals surface area (Å²) in [6, 6.07) is 13.6. The Kier molecular flexibility index (Phi) is 8.87. The highest BCUT2D eigenvalue weighted by Crippen LogP contribution is 2.51. The van der Waals surface area contributed by atoms with Crippen LogP contribution in [0.1, 0.15) is 120 Å². The van der Waals surface area contributed by atoms with Gasteiger partial charge in [-0.2, -0.15) is 0 Å². The molecule has 1 atom stereocenters. The third-order valence-corrected chi connectivity index (χ3v) is 9.94. The van der Waals surface area contributed by atoms with Crippen LogP contribution in [-0.2, 0) is 11.3 Å². The normalized spacial score (nSPS) is 21.5. The second-order valence-electron chi connectivity index (χ2n) is 14.5. The van der Waals surface area contributed by atoms with Gasteiger partial charge < -0.3 is 10.2 Å². The number of H-pyrrole nitrogens is 2. The Morgan fingerprint density at radius 1 is 1.11 bits per heavy atom. The first-order valence-corrected chi connectivity index (χ1v) is 16.0. The predicted molar refractivity (Wildman–Crippen MR) is 171 cm³/mol. The first-order valence-electron chi connectivity index (χ1n) is 16.0. The van der Waals surface area contributed by atoms with E-state index in [1.165, 1.54) is 12.1 Å². The maximum Gasteiger partial charge on any atom is 0.275 e. The fourth-order valence-electron chi connectivity index (χ4n) is 6.73. The molecule has 1 saturated carbocycles. The van der Waals surface area contributed by atoms with Crippen LogP contribution in [0.15, 0.2) is 53.5 Å². The molecule has 0 radical (unpaired) electrons. The van der Waals surface area contributed by atoms with Crippen molar-refractivity contribution in [3.05, 3.63) is 76.9 Å². The van der Waals surface area contributed by atoms with Crippen LogP contribution in [0.25, 0.3) is 0 Å². The van der Waals surface area contributed by atoms with Gasteiger partial charge in [0.25, 0.3) is 11.8 Å². The molecule has 0 saturated heterocycles. The molecule has 2 heterocycles. The van der Waals surface area contributed by atoms with Crippen LogP contribution < -0.4 is 5.32 Å². The average Bonchev–Trinajstić information content (AvgIpc) is 3.23. The standard InChI is InChI=1S/C35H47FN6O2/c1-7-34(5,6)26-15-19-35(20-16-26)38-30(25-9-8-10-27(36)21-25)32(44)42(35)28(17-18-33(2,3)4)23-11-13-24(14-12-23)31(43)37-22-29-39-41-40-29/h8-14,21,26,28,41H,7,15-20,22H2,1-6H3,(H,37,43)(H,39,40)/t26?,28-,35?/m1/s1. The lowest BCUT2D eigenvalue weighted by Gasteiger charge is -2.48. The number of nitrogens with zero attached hydrogens (tertiary/aromatic N) is 3. The summed E-state index contributed by atoms with van der Waals surface area (Å²) in [5.41, 5.74) is 1.95. The summed E-state index contributed by atoms with van der Waals surface area (Å²) in [6.07, 6.45) is 6.23. The highest BCUT2D eigenvalue weighted by molar-refractivity contribution is 6.46. The number of nitrogens with one attached hydrogen (secondary N) is 3. The summed E-state index contributed by atoms with van der Waals surface area (Å²) in [5, 5.41) is 12.2. The van der Waals surface area contributed by atoms with E-state index in [2.05, 4.69) is 62.3 Å². The largest absolute Gasteiger partial charge is 0.345 e. The van der Waals surface area contributed by atoms with Crippen LogP contribution in [0.5, 0.6) is 0 Å². The fraction of sp³-hybridized carbons (Fsp3) is 0.543. The van der Waals surface area contributed by atoms with Crippen LogP contribution in [0.2, 0.25) is 0 Å². The number of aromatic nitrogens is 3. The van der Waals surface area contributed by atoms with Crippen molar-refractivity contribution >= 4 is 17.5 Å². The molecule has 1 aliphatic carbocycles. The Bertz CT molecular complexity index is 1480. The fourth-order valence-corrected chi connectivity index (χ4v) is 6.73. The summed E-state index contributed by atoms with van der Waals surface area (Å²) >= 11 is 0. The molecule has 8 nitrogen and oxygen atoms in total. The first-order chi connectivity index (χ1) is 20.8. The van der Waals surface area contributed by atoms with Crippen molar-refractivity contribution < 1.29 is 14.0 Å². The average molecular weight is 603 g/mol. The lowest BCUT2D eigenvalue weighted by molar-refractivity contribution is -0.134. The summed E-state index contributed by atoms with van der Waals surface area (Å²) in [6.45, 7) is 13.9. The predicted octanol–water partition coefficient (Wildman–Crippen LogP) is 7.33. The molecule has 1 spiro atoms. The third-order valence-electron chi connectivity index (χ3n) is 9.94. The van der Waals surface area contributed by atoms with E-state index in [0.717, 1.165) is 50.5 Å². The lowest BCUT2D eigenvalue weighted by atomic mass is 9.67. The molecule has 1 aromatic heterocycles. The summed E-state index contributed by atoms with van der Waals surface area (Å²) in [4.78, 5) is 34.6. The van der Waals surface area contributed by atoms with E-state index in [9.17, 15) is 14.0 Å². The Balaban J connectivity index is 1.50. The smallest absolute Gasteiger partial charge is 0.275 e. The van der Waals surface area contributed by atoms with Crippen molar-refractivity contribution in [3.8, 4) is 0 Å². The molecule has 3 N–H and O–H groups in total. The Hall–Kier alpha value is -3.75. The van der Waals surface area contributed by atoms with Crippen molar-refractivity contribution in [2.75, 3.05) is 0 Å². The van der Waals surface area contributed by atoms with E-state index in [4.69, 9.17) is 4.99 Å². The van der Waals surface area contributed by atoms with Gasteiger partial charge in [-0.3, -0.25) is 19.7 Å². The van der Waals surface area contributed by atoms with Crippen LogP contribution in [0.3, 0.4) is 0 Å². The van der Waals surface area contributed by atoms with E-state index in [1.54, 1.807) is 12.1 Å². The topological polar surface area (TPSA) is 106 Å². The van der Waals surface area contributed by atoms with E-state index in [0.29, 0.717) is 35.1 Å². The molecule has 1 fully saturated rings. The molecule has 236 valence electrons. The minimum absolute atomic E-state index is 0.0518. The van der Waals surface area contributed by atoms with Crippen LogP contribution in [-0.4, -0.2) is 43.5 Å². The highest BCUT2D eigenvalue weighted by Gasteiger charge is 2.53. The first kappa shape index (κ1) is 31.7. The number of rotatable bonds is 10. The molecule has 5 rings (SSSR count). The second-order valence-corrected chi connectivity index (χ2v) is 14.5. The monoisotopic (exact) mass is 602 g/mol. The van der Waals surface area contributed by atoms with Crippen molar-refractivity contribution in [1.29, 1.82) is 0 Å². The van der Waals surface area contributed by atoms with Gasteiger partial charge in [0.2, 0.25) is 0 Å².